The fraction of sp³-hybridized carbons (Fsp3) is 0.235. The first kappa shape index (κ1) is 14.3. The first-order chi connectivity index (χ1) is 10.7. The Kier molecular flexibility index (Phi) is 4.14. The normalized spacial score (nSPS) is 12.2. The Hall–Kier alpha value is -2.69. The molecule has 0 saturated carbocycles. The zero-order valence-electron chi connectivity index (χ0n) is 12.0. The van der Waals surface area contributed by atoms with Gasteiger partial charge in [-0.2, -0.15) is 0 Å². The lowest BCUT2D eigenvalue weighted by atomic mass is 10.1. The van der Waals surface area contributed by atoms with Crippen molar-refractivity contribution in [3.63, 3.8) is 0 Å². The monoisotopic (exact) mass is 299 g/mol. The second-order valence-electron chi connectivity index (χ2n) is 5.10. The molecule has 0 aliphatic carbocycles. The minimum absolute atomic E-state index is 0.130. The molecule has 2 aromatic carbocycles. The van der Waals surface area contributed by atoms with E-state index in [0.29, 0.717) is 23.6 Å². The van der Waals surface area contributed by atoms with Crippen LogP contribution in [0.15, 0.2) is 42.5 Å². The van der Waals surface area contributed by atoms with Gasteiger partial charge < -0.3 is 19.9 Å². The number of ether oxygens (including phenoxy) is 2. The molecule has 0 bridgehead atoms. The summed E-state index contributed by atoms with van der Waals surface area (Å²) in [6, 6.07) is 12.3. The van der Waals surface area contributed by atoms with E-state index in [0.717, 1.165) is 18.4 Å². The average Bonchev–Trinajstić information content (AvgIpc) is 2.99. The largest absolute Gasteiger partial charge is 0.508 e. The van der Waals surface area contributed by atoms with Crippen molar-refractivity contribution in [3.05, 3.63) is 53.6 Å². The predicted molar refractivity (Wildman–Crippen MR) is 81.3 cm³/mol. The molecule has 0 aromatic heterocycles. The molecule has 0 atom stereocenters. The molecule has 1 heterocycles. The van der Waals surface area contributed by atoms with Gasteiger partial charge in [-0.15, -0.1) is 0 Å². The zero-order chi connectivity index (χ0) is 15.4. The molecular weight excluding hydrogens is 282 g/mol. The molecule has 1 aliphatic rings. The summed E-state index contributed by atoms with van der Waals surface area (Å²) in [4.78, 5) is 12.1. The van der Waals surface area contributed by atoms with Crippen molar-refractivity contribution in [2.75, 3.05) is 13.3 Å². The SMILES string of the molecule is O=C(NCCCc1cccc(O)c1)c1ccc2c(c1)OCO2. The molecule has 0 radical (unpaired) electrons. The van der Waals surface area contributed by atoms with Crippen LogP contribution in [0.5, 0.6) is 17.2 Å². The number of rotatable bonds is 5. The molecule has 5 nitrogen and oxygen atoms in total. The van der Waals surface area contributed by atoms with Crippen molar-refractivity contribution >= 4 is 5.91 Å². The van der Waals surface area contributed by atoms with Gasteiger partial charge in [0.05, 0.1) is 0 Å². The summed E-state index contributed by atoms with van der Waals surface area (Å²) in [5.74, 6) is 1.41. The third-order valence-corrected chi connectivity index (χ3v) is 3.47. The maximum Gasteiger partial charge on any atom is 0.251 e. The second-order valence-corrected chi connectivity index (χ2v) is 5.10. The van der Waals surface area contributed by atoms with Gasteiger partial charge in [0.2, 0.25) is 6.79 Å². The zero-order valence-corrected chi connectivity index (χ0v) is 12.0. The van der Waals surface area contributed by atoms with E-state index in [4.69, 9.17) is 9.47 Å². The van der Waals surface area contributed by atoms with Crippen molar-refractivity contribution in [1.29, 1.82) is 0 Å². The summed E-state index contributed by atoms with van der Waals surface area (Å²) in [6.07, 6.45) is 1.61. The number of phenolic OH excluding ortho intramolecular Hbond substituents is 1. The summed E-state index contributed by atoms with van der Waals surface area (Å²) >= 11 is 0. The number of hydrogen-bond acceptors (Lipinski definition) is 4. The molecule has 0 saturated heterocycles. The summed E-state index contributed by atoms with van der Waals surface area (Å²) in [5.41, 5.74) is 1.61. The van der Waals surface area contributed by atoms with Crippen LogP contribution in [0.1, 0.15) is 22.3 Å². The quantitative estimate of drug-likeness (QED) is 0.832. The molecule has 0 unspecified atom stereocenters. The Labute approximate surface area is 128 Å². The number of carbonyl (C=O) groups excluding carboxylic acids is 1. The number of benzene rings is 2. The summed E-state index contributed by atoms with van der Waals surface area (Å²) in [7, 11) is 0. The maximum absolute atomic E-state index is 12.1. The molecule has 114 valence electrons. The van der Waals surface area contributed by atoms with E-state index in [1.165, 1.54) is 0 Å². The molecular formula is C17H17NO4. The van der Waals surface area contributed by atoms with E-state index in [2.05, 4.69) is 5.32 Å². The number of phenols is 1. The van der Waals surface area contributed by atoms with Crippen LogP contribution in [0.25, 0.3) is 0 Å². The van der Waals surface area contributed by atoms with Crippen LogP contribution in [0.2, 0.25) is 0 Å². The molecule has 3 rings (SSSR count). The Morgan fingerprint density at radius 2 is 2.00 bits per heavy atom. The summed E-state index contributed by atoms with van der Waals surface area (Å²) in [6.45, 7) is 0.771. The Bertz CT molecular complexity index is 684. The van der Waals surface area contributed by atoms with Crippen molar-refractivity contribution in [2.24, 2.45) is 0 Å². The summed E-state index contributed by atoms with van der Waals surface area (Å²) < 4.78 is 10.5. The van der Waals surface area contributed by atoms with Gasteiger partial charge in [0.15, 0.2) is 11.5 Å². The highest BCUT2D eigenvalue weighted by Gasteiger charge is 2.15. The standard InChI is InChI=1S/C17H17NO4/c19-14-5-1-3-12(9-14)4-2-8-18-17(20)13-6-7-15-16(10-13)22-11-21-15/h1,3,5-7,9-10,19H,2,4,8,11H2,(H,18,20). The Morgan fingerprint density at radius 1 is 1.14 bits per heavy atom. The topological polar surface area (TPSA) is 67.8 Å². The summed E-state index contributed by atoms with van der Waals surface area (Å²) in [5, 5.41) is 12.3. The third kappa shape index (κ3) is 3.31. The highest BCUT2D eigenvalue weighted by atomic mass is 16.7. The van der Waals surface area contributed by atoms with Crippen LogP contribution in [0.3, 0.4) is 0 Å². The first-order valence-electron chi connectivity index (χ1n) is 7.18. The van der Waals surface area contributed by atoms with Crippen molar-refractivity contribution in [3.8, 4) is 17.2 Å². The molecule has 2 N–H and O–H groups in total. The molecule has 22 heavy (non-hydrogen) atoms. The highest BCUT2D eigenvalue weighted by Crippen LogP contribution is 2.32. The van der Waals surface area contributed by atoms with E-state index in [1.807, 2.05) is 12.1 Å². The van der Waals surface area contributed by atoms with Crippen LogP contribution in [-0.2, 0) is 6.42 Å². The average molecular weight is 299 g/mol. The number of amides is 1. The fourth-order valence-electron chi connectivity index (χ4n) is 2.35. The van der Waals surface area contributed by atoms with Gasteiger partial charge in [0.25, 0.3) is 5.91 Å². The van der Waals surface area contributed by atoms with Gasteiger partial charge in [-0.25, -0.2) is 0 Å². The minimum Gasteiger partial charge on any atom is -0.508 e. The predicted octanol–water partition coefficient (Wildman–Crippen LogP) is 2.48. The van der Waals surface area contributed by atoms with Crippen LogP contribution < -0.4 is 14.8 Å². The van der Waals surface area contributed by atoms with Gasteiger partial charge in [0, 0.05) is 12.1 Å². The van der Waals surface area contributed by atoms with Gasteiger partial charge >= 0.3 is 0 Å². The Balaban J connectivity index is 1.48. The minimum atomic E-state index is -0.130. The smallest absolute Gasteiger partial charge is 0.251 e. The number of carbonyl (C=O) groups is 1. The Morgan fingerprint density at radius 3 is 2.86 bits per heavy atom. The lowest BCUT2D eigenvalue weighted by Gasteiger charge is -2.06. The van der Waals surface area contributed by atoms with Crippen molar-refractivity contribution in [2.45, 2.75) is 12.8 Å². The number of aryl methyl sites for hydroxylation is 1. The van der Waals surface area contributed by atoms with E-state index < -0.39 is 0 Å². The highest BCUT2D eigenvalue weighted by molar-refractivity contribution is 5.94. The number of nitrogens with one attached hydrogen (secondary N) is 1. The number of aromatic hydroxyl groups is 1. The fourth-order valence-corrected chi connectivity index (χ4v) is 2.35. The van der Waals surface area contributed by atoms with Crippen LogP contribution >= 0.6 is 0 Å². The van der Waals surface area contributed by atoms with E-state index >= 15 is 0 Å². The number of fused-ring (bicyclic) bond motifs is 1. The number of hydrogen-bond donors (Lipinski definition) is 2. The van der Waals surface area contributed by atoms with Gasteiger partial charge in [-0.1, -0.05) is 12.1 Å². The van der Waals surface area contributed by atoms with Crippen molar-refractivity contribution in [1.82, 2.24) is 5.32 Å². The van der Waals surface area contributed by atoms with Crippen LogP contribution in [-0.4, -0.2) is 24.4 Å². The van der Waals surface area contributed by atoms with Gasteiger partial charge in [-0.05, 0) is 48.7 Å². The lowest BCUT2D eigenvalue weighted by molar-refractivity contribution is 0.0952. The first-order valence-corrected chi connectivity index (χ1v) is 7.18. The van der Waals surface area contributed by atoms with Crippen LogP contribution in [0.4, 0.5) is 0 Å². The maximum atomic E-state index is 12.1. The second kappa shape index (κ2) is 6.39. The molecule has 2 aromatic rings. The van der Waals surface area contributed by atoms with E-state index in [-0.39, 0.29) is 18.4 Å². The molecule has 1 aliphatic heterocycles. The van der Waals surface area contributed by atoms with Gasteiger partial charge in [-0.3, -0.25) is 4.79 Å². The van der Waals surface area contributed by atoms with E-state index in [1.54, 1.807) is 30.3 Å². The lowest BCUT2D eigenvalue weighted by Crippen LogP contribution is -2.24. The molecule has 0 fully saturated rings. The van der Waals surface area contributed by atoms with E-state index in [9.17, 15) is 9.90 Å². The molecule has 1 amide bonds. The van der Waals surface area contributed by atoms with Crippen molar-refractivity contribution < 1.29 is 19.4 Å². The van der Waals surface area contributed by atoms with Crippen LogP contribution in [0, 0.1) is 0 Å². The molecule has 0 spiro atoms. The molecule has 5 heteroatoms. The van der Waals surface area contributed by atoms with Gasteiger partial charge in [0.1, 0.15) is 5.75 Å². The third-order valence-electron chi connectivity index (χ3n) is 3.47.